The normalized spacial score (nSPS) is 12.9. The largest absolute Gasteiger partial charge is 0.657 e. The number of aliphatic hydroxyl groups is 1. The maximum atomic E-state index is 8.98. The molecule has 1 N–H and O–H groups in total. The Morgan fingerprint density at radius 3 is 2.26 bits per heavy atom. The van der Waals surface area contributed by atoms with Crippen molar-refractivity contribution in [1.82, 2.24) is 4.98 Å². The van der Waals surface area contributed by atoms with Crippen molar-refractivity contribution in [2.75, 3.05) is 0 Å². The Morgan fingerprint density at radius 1 is 0.912 bits per heavy atom. The molecule has 0 saturated carbocycles. The Morgan fingerprint density at radius 2 is 1.59 bits per heavy atom. The van der Waals surface area contributed by atoms with Crippen LogP contribution in [0, 0.1) is 6.07 Å². The molecule has 2 atom stereocenters. The summed E-state index contributed by atoms with van der Waals surface area (Å²) in [5.41, 5.74) is 4.47. The van der Waals surface area contributed by atoms with Crippen molar-refractivity contribution in [2.45, 2.75) is 52.3 Å². The molecule has 2 heterocycles. The zero-order valence-electron chi connectivity index (χ0n) is 20.0. The predicted octanol–water partition coefficient (Wildman–Crippen LogP) is 7.53. The summed E-state index contributed by atoms with van der Waals surface area (Å²) in [5.74, 6) is 0. The van der Waals surface area contributed by atoms with Crippen LogP contribution in [0.5, 0.6) is 0 Å². The van der Waals surface area contributed by atoms with Crippen LogP contribution in [0.1, 0.15) is 34.1 Å². The molecule has 0 fully saturated rings. The smallest absolute Gasteiger partial charge is 0.134 e. The summed E-state index contributed by atoms with van der Waals surface area (Å²) in [6, 6.07) is 28.2. The number of hydrogen-bond acceptors (Lipinski definition) is 3. The molecule has 5 aromatic rings. The van der Waals surface area contributed by atoms with E-state index >= 15 is 0 Å². The summed E-state index contributed by atoms with van der Waals surface area (Å²) in [4.78, 5) is 4.84. The van der Waals surface area contributed by atoms with Gasteiger partial charge in [0.15, 0.2) is 0 Å². The van der Waals surface area contributed by atoms with Crippen molar-refractivity contribution in [3.63, 3.8) is 0 Å². The Labute approximate surface area is 214 Å². The molecule has 0 bridgehead atoms. The third-order valence-electron chi connectivity index (χ3n) is 5.42. The zero-order valence-corrected chi connectivity index (χ0v) is 22.3. The van der Waals surface area contributed by atoms with Gasteiger partial charge in [-0.15, -0.1) is 48.0 Å². The number of pyridine rings is 1. The molecule has 34 heavy (non-hydrogen) atoms. The van der Waals surface area contributed by atoms with E-state index in [1.807, 2.05) is 67.6 Å². The molecule has 0 saturated heterocycles. The van der Waals surface area contributed by atoms with Crippen LogP contribution in [0.15, 0.2) is 77.2 Å². The van der Waals surface area contributed by atoms with Crippen molar-refractivity contribution in [3.05, 3.63) is 84.2 Å². The molecular weight excluding hydrogens is 601 g/mol. The van der Waals surface area contributed by atoms with Crippen molar-refractivity contribution in [1.29, 1.82) is 0 Å². The molecule has 3 aromatic carbocycles. The van der Waals surface area contributed by atoms with Gasteiger partial charge in [-0.25, -0.2) is 0 Å². The molecule has 0 aliphatic carbocycles. The van der Waals surface area contributed by atoms with Gasteiger partial charge in [0.2, 0.25) is 0 Å². The molecule has 2 aromatic heterocycles. The number of aromatic nitrogens is 1. The Hall–Kier alpha value is -2.56. The second kappa shape index (κ2) is 11.7. The maximum absolute atomic E-state index is 8.98. The number of para-hydroxylation sites is 2. The minimum atomic E-state index is -0.225. The van der Waals surface area contributed by atoms with Crippen LogP contribution >= 0.6 is 0 Å². The van der Waals surface area contributed by atoms with Gasteiger partial charge in [-0.3, -0.25) is 4.98 Å². The Bertz CT molecular complexity index is 1340. The van der Waals surface area contributed by atoms with Crippen LogP contribution in [-0.4, -0.2) is 28.3 Å². The fourth-order valence-corrected chi connectivity index (χ4v) is 4.22. The van der Waals surface area contributed by atoms with E-state index in [1.54, 1.807) is 6.92 Å². The molecule has 0 amide bonds. The number of benzene rings is 3. The summed E-state index contributed by atoms with van der Waals surface area (Å²) >= 11 is 0. The van der Waals surface area contributed by atoms with E-state index in [2.05, 4.69) is 37.4 Å². The van der Waals surface area contributed by atoms with Gasteiger partial charge in [0.25, 0.3) is 0 Å². The van der Waals surface area contributed by atoms with Gasteiger partial charge in [0.05, 0.1) is 5.52 Å². The average molecular weight is 631 g/mol. The number of aliphatic hydroxyl groups excluding tert-OH is 1. The standard InChI is InChI=1S/C21H12NO.C8H18NO.Ir/c1-2-8-14(9-3-1)20-21-19(15-10-4-6-12-17(15)22-20)16-11-5-7-13-18(16)23-21;1-6(2)9-7(3)5-8(4)10;/h1-8,10-13H;6-8,10H,5H2,1-4H3;/q2*-1;. The van der Waals surface area contributed by atoms with Crippen molar-refractivity contribution in [3.8, 4) is 11.3 Å². The topological polar surface area (TPSA) is 60.4 Å². The second-order valence-electron chi connectivity index (χ2n) is 8.73. The van der Waals surface area contributed by atoms with Crippen LogP contribution in [0.25, 0.3) is 49.4 Å². The van der Waals surface area contributed by atoms with Gasteiger partial charge in [-0.2, -0.15) is 0 Å². The van der Waals surface area contributed by atoms with Gasteiger partial charge in [-0.1, -0.05) is 57.2 Å². The quantitative estimate of drug-likeness (QED) is 0.204. The van der Waals surface area contributed by atoms with Crippen LogP contribution in [0.2, 0.25) is 0 Å². The van der Waals surface area contributed by atoms with Gasteiger partial charge in [0, 0.05) is 48.1 Å². The van der Waals surface area contributed by atoms with E-state index in [0.29, 0.717) is 12.1 Å². The number of rotatable bonds is 5. The summed E-state index contributed by atoms with van der Waals surface area (Å²) < 4.78 is 6.16. The molecule has 0 aliphatic heterocycles. The number of fused-ring (bicyclic) bond motifs is 5. The fraction of sp³-hybridized carbons (Fsp3) is 0.276. The van der Waals surface area contributed by atoms with Gasteiger partial charge >= 0.3 is 0 Å². The van der Waals surface area contributed by atoms with E-state index < -0.39 is 0 Å². The molecule has 4 nitrogen and oxygen atoms in total. The minimum Gasteiger partial charge on any atom is -0.657 e. The first-order valence-electron chi connectivity index (χ1n) is 11.5. The monoisotopic (exact) mass is 631 g/mol. The summed E-state index contributed by atoms with van der Waals surface area (Å²) in [6.45, 7) is 7.94. The zero-order chi connectivity index (χ0) is 23.4. The van der Waals surface area contributed by atoms with Crippen LogP contribution in [-0.2, 0) is 20.1 Å². The first-order valence-corrected chi connectivity index (χ1v) is 11.5. The molecular formula is C29H30IrN2O2-2. The van der Waals surface area contributed by atoms with Gasteiger partial charge in [0.1, 0.15) is 11.2 Å². The second-order valence-corrected chi connectivity index (χ2v) is 8.73. The molecule has 0 aliphatic rings. The Balaban J connectivity index is 0.000000255. The first kappa shape index (κ1) is 26.1. The third kappa shape index (κ3) is 5.92. The van der Waals surface area contributed by atoms with Crippen molar-refractivity contribution in [2.24, 2.45) is 0 Å². The average Bonchev–Trinajstić information content (AvgIpc) is 3.18. The summed E-state index contributed by atoms with van der Waals surface area (Å²) in [7, 11) is 0. The number of furan rings is 1. The van der Waals surface area contributed by atoms with E-state index in [9.17, 15) is 0 Å². The van der Waals surface area contributed by atoms with E-state index in [4.69, 9.17) is 14.5 Å². The Kier molecular flexibility index (Phi) is 8.98. The third-order valence-corrected chi connectivity index (χ3v) is 5.42. The van der Waals surface area contributed by atoms with E-state index in [0.717, 1.165) is 50.5 Å². The van der Waals surface area contributed by atoms with E-state index in [1.165, 1.54) is 0 Å². The van der Waals surface area contributed by atoms with Gasteiger partial charge < -0.3 is 14.8 Å². The summed E-state index contributed by atoms with van der Waals surface area (Å²) in [5, 5.41) is 16.7. The van der Waals surface area contributed by atoms with E-state index in [-0.39, 0.29) is 26.2 Å². The van der Waals surface area contributed by atoms with Crippen LogP contribution < -0.4 is 0 Å². The minimum absolute atomic E-state index is 0. The maximum Gasteiger partial charge on any atom is 0.134 e. The molecule has 0 spiro atoms. The van der Waals surface area contributed by atoms with Crippen LogP contribution in [0.4, 0.5) is 0 Å². The van der Waals surface area contributed by atoms with Crippen LogP contribution in [0.3, 0.4) is 0 Å². The fourth-order valence-electron chi connectivity index (χ4n) is 4.22. The molecule has 5 rings (SSSR count). The molecule has 2 unspecified atom stereocenters. The number of nitrogens with zero attached hydrogens (tertiary/aromatic N) is 2. The van der Waals surface area contributed by atoms with Gasteiger partial charge in [-0.05, 0) is 25.5 Å². The predicted molar refractivity (Wildman–Crippen MR) is 138 cm³/mol. The van der Waals surface area contributed by atoms with Crippen molar-refractivity contribution >= 4 is 32.8 Å². The molecule has 5 heteroatoms. The summed E-state index contributed by atoms with van der Waals surface area (Å²) in [6.07, 6.45) is 0.551. The first-order chi connectivity index (χ1) is 15.9. The van der Waals surface area contributed by atoms with Crippen molar-refractivity contribution < 1.29 is 29.6 Å². The molecule has 1 radical (unpaired) electrons. The SMILES string of the molecule is CC(O)CC(C)[N-]C(C)C.[Ir].[c-]1ccccc1-c1nc2ccccc2c2c1oc1ccccc12. The molecule has 179 valence electrons. The number of hydrogen-bond donors (Lipinski definition) is 1.